The van der Waals surface area contributed by atoms with Crippen molar-refractivity contribution < 1.29 is 9.47 Å². The summed E-state index contributed by atoms with van der Waals surface area (Å²) >= 11 is 2.64. The van der Waals surface area contributed by atoms with Crippen LogP contribution < -0.4 is 0 Å². The van der Waals surface area contributed by atoms with Crippen molar-refractivity contribution in [3.05, 3.63) is 0 Å². The average Bonchev–Trinajstić information content (AvgIpc) is 3.91. The normalized spacial score (nSPS) is 52.7. The quantitative estimate of drug-likeness (QED) is 0.281. The van der Waals surface area contributed by atoms with E-state index in [1.54, 1.807) is 51.4 Å². The van der Waals surface area contributed by atoms with Crippen molar-refractivity contribution >= 4 is 11.8 Å². The molecule has 11 fully saturated rings. The molecular formula is C48H77NO2S. The summed E-state index contributed by atoms with van der Waals surface area (Å²) < 4.78 is 14.7. The molecule has 15 atom stereocenters. The van der Waals surface area contributed by atoms with Crippen LogP contribution >= 0.6 is 11.8 Å². The predicted molar refractivity (Wildman–Crippen MR) is 214 cm³/mol. The molecule has 0 radical (unpaired) electrons. The highest BCUT2D eigenvalue weighted by Gasteiger charge is 2.62. The van der Waals surface area contributed by atoms with Crippen molar-refractivity contribution in [1.29, 1.82) is 0 Å². The molecule has 0 bridgehead atoms. The molecule has 4 heteroatoms. The average molecular weight is 732 g/mol. The number of hydrogen-bond acceptors (Lipinski definition) is 4. The maximum Gasteiger partial charge on any atom is 0.0766 e. The molecule has 0 N–H and O–H groups in total. The lowest BCUT2D eigenvalue weighted by molar-refractivity contribution is -0.104. The van der Waals surface area contributed by atoms with Gasteiger partial charge in [-0.05, 0) is 143 Å². The second kappa shape index (κ2) is 15.2. The predicted octanol–water partition coefficient (Wildman–Crippen LogP) is 12.0. The smallest absolute Gasteiger partial charge is 0.0766 e. The molecule has 0 aromatic carbocycles. The van der Waals surface area contributed by atoms with E-state index in [1.165, 1.54) is 135 Å². The van der Waals surface area contributed by atoms with Crippen molar-refractivity contribution in [2.24, 2.45) is 59.2 Å². The third-order valence-electron chi connectivity index (χ3n) is 19.4. The zero-order valence-electron chi connectivity index (χ0n) is 33.1. The lowest BCUT2D eigenvalue weighted by atomic mass is 9.64. The molecule has 11 aliphatic rings. The molecule has 0 aromatic rings. The minimum absolute atomic E-state index is 0.505. The maximum absolute atomic E-state index is 7.80. The third kappa shape index (κ3) is 6.19. The van der Waals surface area contributed by atoms with Crippen LogP contribution in [-0.4, -0.2) is 57.9 Å². The summed E-state index contributed by atoms with van der Waals surface area (Å²) in [7, 11) is 0. The zero-order valence-corrected chi connectivity index (χ0v) is 34.0. The number of nitrogens with zero attached hydrogens (tertiary/aromatic N) is 1. The van der Waals surface area contributed by atoms with E-state index in [0.717, 1.165) is 75.8 Å². The fourth-order valence-electron chi connectivity index (χ4n) is 17.4. The standard InChI is InChI=1S/C48H77NO2S/c1-3-12-30(13-4-1)31-24-26-33(27-25-31)49(41-22-11-20-38-37-19-9-17-34(47(37)52-48(38)41)32-14-5-2-6-15-32)40-21-10-18-35-36-28-29-43-44(46(36)51-45(35)40)39-16-7-8-23-42(39)50-43/h30-48H,1-29H2. The molecule has 3 nitrogen and oxygen atoms in total. The summed E-state index contributed by atoms with van der Waals surface area (Å²) in [5.74, 6) is 9.37. The SMILES string of the molecule is C1CCC(C2CCC(N(C3CCCC4C5CCC6OC7CCCCC7C6C5OC43)C3CCCC4C5CCCC(C6CCCCC6)C5SC43)CC2)CC1. The van der Waals surface area contributed by atoms with Crippen molar-refractivity contribution in [2.75, 3.05) is 0 Å². The monoisotopic (exact) mass is 732 g/mol. The van der Waals surface area contributed by atoms with Gasteiger partial charge in [0.2, 0.25) is 0 Å². The van der Waals surface area contributed by atoms with Crippen molar-refractivity contribution in [1.82, 2.24) is 4.90 Å². The van der Waals surface area contributed by atoms with Gasteiger partial charge in [-0.25, -0.2) is 0 Å². The first-order chi connectivity index (χ1) is 25.8. The molecule has 15 unspecified atom stereocenters. The van der Waals surface area contributed by atoms with Crippen LogP contribution in [-0.2, 0) is 9.47 Å². The molecular weight excluding hydrogens is 655 g/mol. The van der Waals surface area contributed by atoms with E-state index in [0.29, 0.717) is 36.4 Å². The first-order valence-corrected chi connectivity index (χ1v) is 25.5. The highest BCUT2D eigenvalue weighted by atomic mass is 32.2. The van der Waals surface area contributed by atoms with Gasteiger partial charge in [0.05, 0.1) is 24.4 Å². The number of rotatable bonds is 5. The van der Waals surface area contributed by atoms with E-state index in [4.69, 9.17) is 9.47 Å². The Kier molecular flexibility index (Phi) is 10.3. The molecule has 0 spiro atoms. The van der Waals surface area contributed by atoms with Crippen LogP contribution in [0.3, 0.4) is 0 Å². The Morgan fingerprint density at radius 2 is 0.942 bits per heavy atom. The second-order valence-electron chi connectivity index (χ2n) is 21.5. The number of hydrogen-bond donors (Lipinski definition) is 0. The lowest BCUT2D eigenvalue weighted by Crippen LogP contribution is -2.61. The minimum atomic E-state index is 0.505. The Balaban J connectivity index is 0.889. The van der Waals surface area contributed by atoms with E-state index < -0.39 is 0 Å². The summed E-state index contributed by atoms with van der Waals surface area (Å²) in [6.45, 7) is 0. The summed E-state index contributed by atoms with van der Waals surface area (Å²) in [5, 5.41) is 1.90. The molecule has 3 heterocycles. The van der Waals surface area contributed by atoms with Gasteiger partial charge in [0, 0.05) is 34.5 Å². The van der Waals surface area contributed by atoms with Crippen molar-refractivity contribution in [2.45, 2.75) is 239 Å². The summed E-state index contributed by atoms with van der Waals surface area (Å²) in [4.78, 5) is 3.41. The molecule has 3 aliphatic heterocycles. The Morgan fingerprint density at radius 1 is 0.346 bits per heavy atom. The van der Waals surface area contributed by atoms with Crippen LogP contribution in [0.1, 0.15) is 186 Å². The van der Waals surface area contributed by atoms with Crippen LogP contribution in [0.25, 0.3) is 0 Å². The Labute approximate surface area is 323 Å². The first-order valence-electron chi connectivity index (χ1n) is 24.5. The van der Waals surface area contributed by atoms with Gasteiger partial charge < -0.3 is 9.47 Å². The molecule has 52 heavy (non-hydrogen) atoms. The Morgan fingerprint density at radius 3 is 1.75 bits per heavy atom. The summed E-state index contributed by atoms with van der Waals surface area (Å²) in [5.41, 5.74) is 0. The van der Waals surface area contributed by atoms with Crippen LogP contribution in [0.5, 0.6) is 0 Å². The van der Waals surface area contributed by atoms with Gasteiger partial charge in [-0.15, -0.1) is 0 Å². The molecule has 8 aliphatic carbocycles. The fourth-order valence-corrected chi connectivity index (χ4v) is 19.8. The number of fused-ring (bicyclic) bond motifs is 10. The Hall–Kier alpha value is 0.230. The zero-order chi connectivity index (χ0) is 34.2. The largest absolute Gasteiger partial charge is 0.374 e. The molecule has 8 saturated carbocycles. The van der Waals surface area contributed by atoms with Crippen LogP contribution in [0.15, 0.2) is 0 Å². The van der Waals surface area contributed by atoms with Gasteiger partial charge >= 0.3 is 0 Å². The molecule has 11 rings (SSSR count). The molecule has 0 aromatic heterocycles. The fraction of sp³-hybridized carbons (Fsp3) is 1.00. The van der Waals surface area contributed by atoms with Gasteiger partial charge in [0.1, 0.15) is 0 Å². The van der Waals surface area contributed by atoms with Crippen molar-refractivity contribution in [3.8, 4) is 0 Å². The third-order valence-corrected chi connectivity index (χ3v) is 21.4. The Bertz CT molecular complexity index is 1210. The minimum Gasteiger partial charge on any atom is -0.374 e. The first kappa shape index (κ1) is 35.4. The van der Waals surface area contributed by atoms with Crippen molar-refractivity contribution in [3.63, 3.8) is 0 Å². The molecule has 3 saturated heterocycles. The number of thioether (sulfide) groups is 1. The van der Waals surface area contributed by atoms with E-state index in [1.807, 2.05) is 0 Å². The van der Waals surface area contributed by atoms with Gasteiger partial charge in [-0.3, -0.25) is 4.90 Å². The van der Waals surface area contributed by atoms with Gasteiger partial charge in [-0.1, -0.05) is 96.3 Å². The van der Waals surface area contributed by atoms with E-state index >= 15 is 0 Å². The van der Waals surface area contributed by atoms with Crippen LogP contribution in [0, 0.1) is 59.2 Å². The highest BCUT2D eigenvalue weighted by Crippen LogP contribution is 2.62. The molecule has 292 valence electrons. The van der Waals surface area contributed by atoms with Crippen LogP contribution in [0.2, 0.25) is 0 Å². The van der Waals surface area contributed by atoms with Gasteiger partial charge in [-0.2, -0.15) is 11.8 Å². The highest BCUT2D eigenvalue weighted by molar-refractivity contribution is 8.00. The topological polar surface area (TPSA) is 21.7 Å². The summed E-state index contributed by atoms with van der Waals surface area (Å²) in [6.07, 6.45) is 45.3. The van der Waals surface area contributed by atoms with Gasteiger partial charge in [0.25, 0.3) is 0 Å². The van der Waals surface area contributed by atoms with E-state index in [2.05, 4.69) is 16.7 Å². The number of ether oxygens (including phenoxy) is 2. The summed E-state index contributed by atoms with van der Waals surface area (Å²) in [6, 6.07) is 2.32. The second-order valence-corrected chi connectivity index (χ2v) is 22.9. The van der Waals surface area contributed by atoms with E-state index in [-0.39, 0.29) is 0 Å². The van der Waals surface area contributed by atoms with Crippen LogP contribution in [0.4, 0.5) is 0 Å². The van der Waals surface area contributed by atoms with E-state index in [9.17, 15) is 0 Å². The lowest BCUT2D eigenvalue weighted by Gasteiger charge is -2.53. The molecule has 0 amide bonds. The van der Waals surface area contributed by atoms with Gasteiger partial charge in [0.15, 0.2) is 0 Å². The maximum atomic E-state index is 7.80.